The van der Waals surface area contributed by atoms with Crippen LogP contribution in [0.15, 0.2) is 40.9 Å². The molecule has 1 aromatic heterocycles. The molecule has 3 aromatic rings. The van der Waals surface area contributed by atoms with Crippen molar-refractivity contribution in [3.8, 4) is 11.1 Å². The summed E-state index contributed by atoms with van der Waals surface area (Å²) in [7, 11) is 0. The van der Waals surface area contributed by atoms with Gasteiger partial charge >= 0.3 is 6.18 Å². The van der Waals surface area contributed by atoms with E-state index in [1.165, 1.54) is 12.1 Å². The molecule has 200 valence electrons. The van der Waals surface area contributed by atoms with Crippen LogP contribution in [0.2, 0.25) is 0 Å². The first-order chi connectivity index (χ1) is 18.1. The molecule has 2 atom stereocenters. The number of aryl methyl sites for hydroxylation is 1. The molecule has 1 saturated carbocycles. The Kier molecular flexibility index (Phi) is 6.07. The number of hydrogen-bond acceptors (Lipinski definition) is 6. The van der Waals surface area contributed by atoms with E-state index in [-0.39, 0.29) is 23.3 Å². The summed E-state index contributed by atoms with van der Waals surface area (Å²) >= 11 is 0. The highest BCUT2D eigenvalue weighted by Crippen LogP contribution is 2.47. The third-order valence-corrected chi connectivity index (χ3v) is 8.04. The zero-order valence-electron chi connectivity index (χ0n) is 21.3. The van der Waals surface area contributed by atoms with Crippen LogP contribution in [0.1, 0.15) is 53.2 Å². The maximum atomic E-state index is 13.4. The number of amides is 1. The summed E-state index contributed by atoms with van der Waals surface area (Å²) in [5, 5.41) is 6.88. The highest BCUT2D eigenvalue weighted by Gasteiger charge is 2.48. The normalized spacial score (nSPS) is 22.4. The molecule has 1 N–H and O–H groups in total. The fourth-order valence-electron chi connectivity index (χ4n) is 5.62. The van der Waals surface area contributed by atoms with Crippen LogP contribution in [0.5, 0.6) is 0 Å². The molecular formula is C28H29F3N4O3. The largest absolute Gasteiger partial charge is 0.416 e. The molecule has 1 saturated heterocycles. The molecule has 0 radical (unpaired) electrons. The maximum absolute atomic E-state index is 13.4. The van der Waals surface area contributed by atoms with Crippen molar-refractivity contribution in [3.05, 3.63) is 70.4 Å². The van der Waals surface area contributed by atoms with Crippen LogP contribution < -0.4 is 5.32 Å². The van der Waals surface area contributed by atoms with Crippen LogP contribution in [-0.4, -0.2) is 46.2 Å². The fourth-order valence-corrected chi connectivity index (χ4v) is 5.62. The van der Waals surface area contributed by atoms with Gasteiger partial charge in [0.1, 0.15) is 0 Å². The van der Waals surface area contributed by atoms with Crippen molar-refractivity contribution in [2.24, 2.45) is 5.92 Å². The first-order valence-electron chi connectivity index (χ1n) is 12.8. The molecule has 0 bridgehead atoms. The Bertz CT molecular complexity index is 1380. The summed E-state index contributed by atoms with van der Waals surface area (Å²) in [6, 6.07) is 9.32. The summed E-state index contributed by atoms with van der Waals surface area (Å²) in [5.41, 5.74) is 3.73. The van der Waals surface area contributed by atoms with Gasteiger partial charge in [-0.1, -0.05) is 29.4 Å². The maximum Gasteiger partial charge on any atom is 0.416 e. The number of fused-ring (bicyclic) bond motifs is 1. The van der Waals surface area contributed by atoms with Gasteiger partial charge in [-0.25, -0.2) is 0 Å². The van der Waals surface area contributed by atoms with Gasteiger partial charge in [0.15, 0.2) is 5.82 Å². The first-order valence-corrected chi connectivity index (χ1v) is 12.8. The number of nitrogens with zero attached hydrogens (tertiary/aromatic N) is 3. The molecule has 2 aliphatic heterocycles. The standard InChI is InChI=1S/C28H29F3N4O3/c1-16-33-26(38-34-16)23-11-22(23)25(36)32-12-18-6-7-20(17-4-3-5-19(10-17)28(29,30)31)21-8-9-35(13-24(18)21)27(2)14-37-15-27/h3-7,10,22-23H,8-9,11-15H2,1-2H3,(H,32,36). The van der Waals surface area contributed by atoms with Crippen LogP contribution in [-0.2, 0) is 35.2 Å². The lowest BCUT2D eigenvalue weighted by Crippen LogP contribution is -2.61. The smallest absolute Gasteiger partial charge is 0.377 e. The minimum atomic E-state index is -4.41. The number of ether oxygens (including phenoxy) is 1. The van der Waals surface area contributed by atoms with Gasteiger partial charge in [-0.2, -0.15) is 18.2 Å². The van der Waals surface area contributed by atoms with Gasteiger partial charge in [0.05, 0.1) is 36.2 Å². The third-order valence-electron chi connectivity index (χ3n) is 8.04. The lowest BCUT2D eigenvalue weighted by atomic mass is 9.84. The molecular weight excluding hydrogens is 497 g/mol. The lowest BCUT2D eigenvalue weighted by molar-refractivity contribution is -0.137. The molecule has 7 nitrogen and oxygen atoms in total. The molecule has 38 heavy (non-hydrogen) atoms. The van der Waals surface area contributed by atoms with E-state index in [9.17, 15) is 18.0 Å². The Morgan fingerprint density at radius 3 is 2.71 bits per heavy atom. The number of carbonyl (C=O) groups excluding carboxylic acids is 1. The van der Waals surface area contributed by atoms with Crippen molar-refractivity contribution in [2.45, 2.75) is 57.4 Å². The lowest BCUT2D eigenvalue weighted by Gasteiger charge is -2.49. The van der Waals surface area contributed by atoms with E-state index in [0.717, 1.165) is 34.9 Å². The average molecular weight is 527 g/mol. The van der Waals surface area contributed by atoms with E-state index < -0.39 is 11.7 Å². The number of carbonyl (C=O) groups is 1. The molecule has 2 unspecified atom stereocenters. The quantitative estimate of drug-likeness (QED) is 0.505. The predicted molar refractivity (Wildman–Crippen MR) is 132 cm³/mol. The summed E-state index contributed by atoms with van der Waals surface area (Å²) < 4.78 is 51.0. The molecule has 3 heterocycles. The van der Waals surface area contributed by atoms with E-state index in [1.54, 1.807) is 13.0 Å². The predicted octanol–water partition coefficient (Wildman–Crippen LogP) is 4.63. The molecule has 1 aliphatic carbocycles. The van der Waals surface area contributed by atoms with Crippen molar-refractivity contribution < 1.29 is 27.2 Å². The Hall–Kier alpha value is -3.24. The number of alkyl halides is 3. The number of halogens is 3. The highest BCUT2D eigenvalue weighted by molar-refractivity contribution is 5.82. The van der Waals surface area contributed by atoms with Gasteiger partial charge in [0.25, 0.3) is 0 Å². The van der Waals surface area contributed by atoms with E-state index >= 15 is 0 Å². The van der Waals surface area contributed by atoms with Crippen LogP contribution in [0.4, 0.5) is 13.2 Å². The molecule has 10 heteroatoms. The Morgan fingerprint density at radius 2 is 2.03 bits per heavy atom. The van der Waals surface area contributed by atoms with Crippen molar-refractivity contribution in [1.29, 1.82) is 0 Å². The summed E-state index contributed by atoms with van der Waals surface area (Å²) in [4.78, 5) is 19.5. The minimum Gasteiger partial charge on any atom is -0.377 e. The van der Waals surface area contributed by atoms with Gasteiger partial charge in [0.2, 0.25) is 11.8 Å². The number of nitrogens with one attached hydrogen (secondary N) is 1. The van der Waals surface area contributed by atoms with Crippen molar-refractivity contribution in [3.63, 3.8) is 0 Å². The zero-order chi connectivity index (χ0) is 26.7. The first kappa shape index (κ1) is 25.1. The molecule has 3 aliphatic rings. The van der Waals surface area contributed by atoms with E-state index in [1.807, 2.05) is 12.1 Å². The van der Waals surface area contributed by atoms with E-state index in [0.29, 0.717) is 56.4 Å². The SMILES string of the molecule is Cc1noc(C2CC2C(=O)NCc2ccc(-c3cccc(C(F)(F)F)c3)c3c2CN(C2(C)COC2)CC3)n1. The third kappa shape index (κ3) is 4.60. The van der Waals surface area contributed by atoms with Gasteiger partial charge in [-0.15, -0.1) is 0 Å². The molecule has 2 aromatic carbocycles. The van der Waals surface area contributed by atoms with Crippen LogP contribution in [0, 0.1) is 12.8 Å². The van der Waals surface area contributed by atoms with Gasteiger partial charge in [-0.05, 0) is 66.6 Å². The Morgan fingerprint density at radius 1 is 1.21 bits per heavy atom. The summed E-state index contributed by atoms with van der Waals surface area (Å²) in [6.07, 6.45) is -3.03. The van der Waals surface area contributed by atoms with Gasteiger partial charge in [0, 0.05) is 19.6 Å². The minimum absolute atomic E-state index is 0.0533. The second kappa shape index (κ2) is 9.20. The second-order valence-electron chi connectivity index (χ2n) is 10.8. The Labute approximate surface area is 218 Å². The highest BCUT2D eigenvalue weighted by atomic mass is 19.4. The van der Waals surface area contributed by atoms with Crippen LogP contribution >= 0.6 is 0 Å². The summed E-state index contributed by atoms with van der Waals surface area (Å²) in [6.45, 7) is 7.02. The summed E-state index contributed by atoms with van der Waals surface area (Å²) in [5.74, 6) is 0.736. The van der Waals surface area contributed by atoms with Crippen molar-refractivity contribution >= 4 is 5.91 Å². The van der Waals surface area contributed by atoms with E-state index in [2.05, 4.69) is 27.3 Å². The molecule has 1 amide bonds. The molecule has 6 rings (SSSR count). The molecule has 2 fully saturated rings. The van der Waals surface area contributed by atoms with Crippen molar-refractivity contribution in [1.82, 2.24) is 20.4 Å². The zero-order valence-corrected chi connectivity index (χ0v) is 21.3. The second-order valence-corrected chi connectivity index (χ2v) is 10.8. The number of rotatable bonds is 6. The van der Waals surface area contributed by atoms with E-state index in [4.69, 9.17) is 9.26 Å². The van der Waals surface area contributed by atoms with Gasteiger partial charge < -0.3 is 14.6 Å². The van der Waals surface area contributed by atoms with Crippen LogP contribution in [0.25, 0.3) is 11.1 Å². The van der Waals surface area contributed by atoms with Gasteiger partial charge in [-0.3, -0.25) is 9.69 Å². The number of benzene rings is 2. The Balaban J connectivity index is 1.27. The average Bonchev–Trinajstić information content (AvgIpc) is 3.57. The van der Waals surface area contributed by atoms with Crippen LogP contribution in [0.3, 0.4) is 0 Å². The fraction of sp³-hybridized carbons (Fsp3) is 0.464. The molecule has 0 spiro atoms. The number of aromatic nitrogens is 2. The van der Waals surface area contributed by atoms with Crippen molar-refractivity contribution in [2.75, 3.05) is 19.8 Å². The topological polar surface area (TPSA) is 80.5 Å². The monoisotopic (exact) mass is 526 g/mol. The number of hydrogen-bond donors (Lipinski definition) is 1.